The van der Waals surface area contributed by atoms with Crippen molar-refractivity contribution < 1.29 is 5.11 Å². The lowest BCUT2D eigenvalue weighted by Gasteiger charge is -2.08. The van der Waals surface area contributed by atoms with E-state index >= 15 is 0 Å². The maximum absolute atomic E-state index is 11.6. The third kappa shape index (κ3) is 0.998. The summed E-state index contributed by atoms with van der Waals surface area (Å²) in [5, 5.41) is 24.7. The van der Waals surface area contributed by atoms with Crippen LogP contribution in [0.25, 0.3) is 0 Å². The number of hydrogen-bond donors (Lipinski definition) is 0. The molecule has 0 N–H and O–H groups in total. The van der Waals surface area contributed by atoms with E-state index in [2.05, 4.69) is 20.7 Å². The summed E-state index contributed by atoms with van der Waals surface area (Å²) in [5.41, 5.74) is 0.454. The molecule has 1 heterocycles. The molecule has 1 aromatic rings. The minimum atomic E-state index is -1.85. The Hall–Kier alpha value is -1.62. The Morgan fingerprint density at radius 1 is 1.00 bits per heavy atom. The van der Waals surface area contributed by atoms with E-state index < -0.39 is 5.85 Å². The van der Waals surface area contributed by atoms with Crippen molar-refractivity contribution in [3.63, 3.8) is 0 Å². The zero-order chi connectivity index (χ0) is 8.44. The van der Waals surface area contributed by atoms with Gasteiger partial charge in [0.05, 0.1) is 0 Å². The van der Waals surface area contributed by atoms with Crippen LogP contribution in [0.5, 0.6) is 0 Å². The maximum atomic E-state index is 11.6. The molecule has 0 fully saturated rings. The van der Waals surface area contributed by atoms with Gasteiger partial charge in [0.1, 0.15) is 0 Å². The summed E-state index contributed by atoms with van der Waals surface area (Å²) >= 11 is 0. The van der Waals surface area contributed by atoms with Gasteiger partial charge in [0, 0.05) is 5.56 Å². The van der Waals surface area contributed by atoms with Crippen LogP contribution in [0, 0.1) is 0 Å². The molecule has 0 amide bonds. The van der Waals surface area contributed by atoms with Crippen molar-refractivity contribution >= 4 is 0 Å². The molecule has 0 aliphatic carbocycles. The van der Waals surface area contributed by atoms with Crippen LogP contribution >= 0.6 is 0 Å². The molecule has 1 aliphatic rings. The Kier molecular flexibility index (Phi) is 1.44. The predicted octanol–water partition coefficient (Wildman–Crippen LogP) is 2.06. The van der Waals surface area contributed by atoms with Crippen LogP contribution in [0.1, 0.15) is 5.56 Å². The fraction of sp³-hybridized carbons (Fsp3) is 0.143. The zero-order valence-corrected chi connectivity index (χ0v) is 6.08. The molecule has 1 aliphatic heterocycles. The lowest BCUT2D eigenvalue weighted by atomic mass is 10.1. The summed E-state index contributed by atoms with van der Waals surface area (Å²) in [6, 6.07) is 8.61. The van der Waals surface area contributed by atoms with E-state index in [1.165, 1.54) is 0 Å². The van der Waals surface area contributed by atoms with Crippen LogP contribution in [0.2, 0.25) is 0 Å². The van der Waals surface area contributed by atoms with Crippen LogP contribution in [-0.4, -0.2) is 0 Å². The first-order chi connectivity index (χ1) is 5.81. The highest BCUT2D eigenvalue weighted by molar-refractivity contribution is 5.20. The Morgan fingerprint density at radius 2 is 1.58 bits per heavy atom. The summed E-state index contributed by atoms with van der Waals surface area (Å²) in [6.45, 7) is 0. The monoisotopic (exact) mass is 161 g/mol. The summed E-state index contributed by atoms with van der Waals surface area (Å²) in [4.78, 5) is 0. The zero-order valence-electron chi connectivity index (χ0n) is 6.08. The Labute approximate surface area is 68.4 Å². The van der Waals surface area contributed by atoms with E-state index in [0.29, 0.717) is 5.56 Å². The molecule has 0 aromatic heterocycles. The molecule has 5 heteroatoms. The fourth-order valence-corrected chi connectivity index (χ4v) is 0.952. The second kappa shape index (κ2) is 2.46. The summed E-state index contributed by atoms with van der Waals surface area (Å²) in [5.74, 6) is -1.85. The molecular weight excluding hydrogens is 156 g/mol. The van der Waals surface area contributed by atoms with Gasteiger partial charge in [-0.1, -0.05) is 40.6 Å². The van der Waals surface area contributed by atoms with Crippen molar-refractivity contribution in [2.75, 3.05) is 0 Å². The molecule has 1 radical (unpaired) electrons. The fourth-order valence-electron chi connectivity index (χ4n) is 0.952. The molecular formula is C7H5N4O. The molecule has 0 saturated carbocycles. The lowest BCUT2D eigenvalue weighted by molar-refractivity contribution is -0.0218. The summed E-state index contributed by atoms with van der Waals surface area (Å²) < 4.78 is 0. The minimum Gasteiger partial charge on any atom is -0.168 e. The summed E-state index contributed by atoms with van der Waals surface area (Å²) in [7, 11) is 0. The molecule has 0 spiro atoms. The van der Waals surface area contributed by atoms with Gasteiger partial charge in [-0.15, -0.1) is 0 Å². The Morgan fingerprint density at radius 3 is 2.17 bits per heavy atom. The largest absolute Gasteiger partial charge is 0.351 e. The van der Waals surface area contributed by atoms with Gasteiger partial charge in [0.2, 0.25) is 0 Å². The van der Waals surface area contributed by atoms with Gasteiger partial charge in [-0.25, -0.2) is 0 Å². The molecule has 0 saturated heterocycles. The van der Waals surface area contributed by atoms with Crippen LogP contribution in [0.3, 0.4) is 0 Å². The quantitative estimate of drug-likeness (QED) is 0.604. The van der Waals surface area contributed by atoms with Crippen molar-refractivity contribution in [2.45, 2.75) is 5.85 Å². The smallest absolute Gasteiger partial charge is 0.168 e. The van der Waals surface area contributed by atoms with E-state index in [4.69, 9.17) is 0 Å². The van der Waals surface area contributed by atoms with Gasteiger partial charge in [0.25, 0.3) is 0 Å². The van der Waals surface area contributed by atoms with E-state index in [-0.39, 0.29) is 0 Å². The average molecular weight is 161 g/mol. The van der Waals surface area contributed by atoms with Crippen molar-refractivity contribution in [3.8, 4) is 0 Å². The van der Waals surface area contributed by atoms with E-state index in [1.54, 1.807) is 24.3 Å². The van der Waals surface area contributed by atoms with Crippen LogP contribution in [0.4, 0.5) is 0 Å². The van der Waals surface area contributed by atoms with Gasteiger partial charge in [-0.2, -0.15) is 5.11 Å². The number of nitrogens with zero attached hydrogens (tertiary/aromatic N) is 4. The third-order valence-corrected chi connectivity index (χ3v) is 1.55. The average Bonchev–Trinajstić information content (AvgIpc) is 2.55. The number of rotatable bonds is 1. The van der Waals surface area contributed by atoms with Gasteiger partial charge in [0.15, 0.2) is 0 Å². The van der Waals surface area contributed by atoms with E-state index in [1.807, 2.05) is 6.07 Å². The van der Waals surface area contributed by atoms with Crippen molar-refractivity contribution in [3.05, 3.63) is 35.9 Å². The highest BCUT2D eigenvalue weighted by atomic mass is 16.3. The second-order valence-electron chi connectivity index (χ2n) is 2.35. The SMILES string of the molecule is [O]C1(c2ccccc2)N=NN=N1. The standard InChI is InChI=1S/C7H5N4O/c12-7(8-10-11-9-7)6-4-2-1-3-5-6/h1-5H. The highest BCUT2D eigenvalue weighted by Gasteiger charge is 2.34. The number of benzene rings is 1. The molecule has 5 nitrogen and oxygen atoms in total. The molecule has 59 valence electrons. The van der Waals surface area contributed by atoms with Crippen LogP contribution in [0.15, 0.2) is 51.0 Å². The van der Waals surface area contributed by atoms with Crippen molar-refractivity contribution in [1.29, 1.82) is 0 Å². The number of hydrogen-bond acceptors (Lipinski definition) is 4. The first-order valence-corrected chi connectivity index (χ1v) is 3.41. The molecule has 0 unspecified atom stereocenters. The van der Waals surface area contributed by atoms with E-state index in [9.17, 15) is 5.11 Å². The first-order valence-electron chi connectivity index (χ1n) is 3.41. The summed E-state index contributed by atoms with van der Waals surface area (Å²) in [6.07, 6.45) is 0. The first kappa shape index (κ1) is 7.05. The molecule has 0 atom stereocenters. The minimum absolute atomic E-state index is 0.454. The molecule has 12 heavy (non-hydrogen) atoms. The van der Waals surface area contributed by atoms with E-state index in [0.717, 1.165) is 0 Å². The van der Waals surface area contributed by atoms with Gasteiger partial charge < -0.3 is 0 Å². The molecule has 1 aromatic carbocycles. The predicted molar refractivity (Wildman–Crippen MR) is 38.5 cm³/mol. The molecule has 0 bridgehead atoms. The topological polar surface area (TPSA) is 69.3 Å². The van der Waals surface area contributed by atoms with Gasteiger partial charge in [-0.05, 0) is 10.4 Å². The van der Waals surface area contributed by atoms with Crippen molar-refractivity contribution in [1.82, 2.24) is 0 Å². The van der Waals surface area contributed by atoms with Gasteiger partial charge >= 0.3 is 5.85 Å². The Balaban J connectivity index is 2.43. The Bertz CT molecular complexity index is 321. The normalized spacial score (nSPS) is 18.4. The van der Waals surface area contributed by atoms with Crippen molar-refractivity contribution in [2.24, 2.45) is 20.7 Å². The van der Waals surface area contributed by atoms with Crippen LogP contribution < -0.4 is 0 Å². The third-order valence-electron chi connectivity index (χ3n) is 1.55. The lowest BCUT2D eigenvalue weighted by Crippen LogP contribution is -2.14. The van der Waals surface area contributed by atoms with Crippen LogP contribution in [-0.2, 0) is 11.0 Å². The van der Waals surface area contributed by atoms with Gasteiger partial charge in [-0.3, -0.25) is 0 Å². The molecule has 2 rings (SSSR count). The maximum Gasteiger partial charge on any atom is 0.351 e. The highest BCUT2D eigenvalue weighted by Crippen LogP contribution is 2.29. The second-order valence-corrected chi connectivity index (χ2v) is 2.35.